The third-order valence-corrected chi connectivity index (χ3v) is 4.15. The summed E-state index contributed by atoms with van der Waals surface area (Å²) in [6.07, 6.45) is 2.59. The number of fused-ring (bicyclic) bond motifs is 1. The zero-order valence-electron chi connectivity index (χ0n) is 11.7. The van der Waals surface area contributed by atoms with E-state index in [9.17, 15) is 4.39 Å². The van der Waals surface area contributed by atoms with Crippen LogP contribution in [0.15, 0.2) is 22.7 Å². The highest BCUT2D eigenvalue weighted by atomic mass is 32.2. The van der Waals surface area contributed by atoms with E-state index in [0.717, 1.165) is 29.1 Å². The van der Waals surface area contributed by atoms with E-state index in [0.29, 0.717) is 24.0 Å². The fourth-order valence-corrected chi connectivity index (χ4v) is 3.03. The van der Waals surface area contributed by atoms with Gasteiger partial charge in [0.15, 0.2) is 6.79 Å². The third kappa shape index (κ3) is 3.39. The Morgan fingerprint density at radius 2 is 2.24 bits per heavy atom. The van der Waals surface area contributed by atoms with E-state index >= 15 is 0 Å². The molecule has 1 aliphatic rings. The Morgan fingerprint density at radius 1 is 1.33 bits per heavy atom. The fourth-order valence-electron chi connectivity index (χ4n) is 2.19. The summed E-state index contributed by atoms with van der Waals surface area (Å²) in [5, 5.41) is 0. The maximum absolute atomic E-state index is 13.6. The minimum Gasteiger partial charge on any atom is -0.467 e. The van der Waals surface area contributed by atoms with Crippen LogP contribution in [0.25, 0.3) is 0 Å². The molecule has 112 valence electrons. The molecule has 1 aliphatic heterocycles. The van der Waals surface area contributed by atoms with Gasteiger partial charge in [-0.25, -0.2) is 9.37 Å². The number of hydrogen-bond acceptors (Lipinski definition) is 5. The van der Waals surface area contributed by atoms with Crippen molar-refractivity contribution >= 4 is 11.8 Å². The van der Waals surface area contributed by atoms with E-state index in [1.54, 1.807) is 18.0 Å². The molecule has 3 rings (SSSR count). The van der Waals surface area contributed by atoms with Gasteiger partial charge < -0.3 is 13.9 Å². The lowest BCUT2D eigenvalue weighted by Crippen LogP contribution is -2.13. The standard InChI is InChI=1S/C15H16FNO3S/c1-2-13-5-17-14(20-13)8-21-7-11-4-12(16)3-10-6-18-9-19-15(10)11/h3-5H,2,6-9H2,1H3. The van der Waals surface area contributed by atoms with Gasteiger partial charge in [-0.15, -0.1) is 11.8 Å². The lowest BCUT2D eigenvalue weighted by Gasteiger charge is -2.20. The van der Waals surface area contributed by atoms with Crippen LogP contribution in [-0.2, 0) is 29.3 Å². The van der Waals surface area contributed by atoms with E-state index in [2.05, 4.69) is 4.98 Å². The van der Waals surface area contributed by atoms with Crippen LogP contribution in [0.4, 0.5) is 4.39 Å². The second-order valence-corrected chi connectivity index (χ2v) is 5.72. The van der Waals surface area contributed by atoms with E-state index < -0.39 is 0 Å². The molecule has 1 aromatic carbocycles. The molecule has 4 nitrogen and oxygen atoms in total. The molecule has 0 aliphatic carbocycles. The van der Waals surface area contributed by atoms with Crippen LogP contribution in [0, 0.1) is 5.82 Å². The Morgan fingerprint density at radius 3 is 3.05 bits per heavy atom. The zero-order chi connectivity index (χ0) is 14.7. The number of halogens is 1. The predicted octanol–water partition coefficient (Wildman–Crippen LogP) is 3.68. The number of oxazole rings is 1. The van der Waals surface area contributed by atoms with Crippen molar-refractivity contribution in [1.82, 2.24) is 4.98 Å². The number of nitrogens with zero attached hydrogens (tertiary/aromatic N) is 1. The van der Waals surface area contributed by atoms with Gasteiger partial charge in [0.2, 0.25) is 5.89 Å². The number of thioether (sulfide) groups is 1. The molecule has 0 bridgehead atoms. The Balaban J connectivity index is 1.66. The first-order valence-corrected chi connectivity index (χ1v) is 7.95. The topological polar surface area (TPSA) is 44.5 Å². The van der Waals surface area contributed by atoms with Crippen LogP contribution in [-0.4, -0.2) is 11.8 Å². The Labute approximate surface area is 126 Å². The summed E-state index contributed by atoms with van der Waals surface area (Å²) in [5.41, 5.74) is 1.61. The molecule has 0 saturated heterocycles. The van der Waals surface area contributed by atoms with Gasteiger partial charge in [-0.05, 0) is 12.1 Å². The maximum atomic E-state index is 13.6. The van der Waals surface area contributed by atoms with Crippen molar-refractivity contribution in [3.8, 4) is 5.75 Å². The highest BCUT2D eigenvalue weighted by molar-refractivity contribution is 7.97. The van der Waals surface area contributed by atoms with Crippen molar-refractivity contribution in [3.63, 3.8) is 0 Å². The fraction of sp³-hybridized carbons (Fsp3) is 0.400. The van der Waals surface area contributed by atoms with Crippen LogP contribution in [0.2, 0.25) is 0 Å². The average molecular weight is 309 g/mol. The molecule has 21 heavy (non-hydrogen) atoms. The molecular formula is C15H16FNO3S. The zero-order valence-corrected chi connectivity index (χ0v) is 12.5. The number of ether oxygens (including phenoxy) is 2. The van der Waals surface area contributed by atoms with Gasteiger partial charge in [0, 0.05) is 23.3 Å². The van der Waals surface area contributed by atoms with Gasteiger partial charge in [0.05, 0.1) is 18.6 Å². The lowest BCUT2D eigenvalue weighted by atomic mass is 10.1. The van der Waals surface area contributed by atoms with Gasteiger partial charge in [-0.3, -0.25) is 0 Å². The lowest BCUT2D eigenvalue weighted by molar-refractivity contribution is -0.0171. The molecule has 2 heterocycles. The van der Waals surface area contributed by atoms with Gasteiger partial charge in [0.1, 0.15) is 17.3 Å². The van der Waals surface area contributed by atoms with Crippen molar-refractivity contribution in [2.45, 2.75) is 31.5 Å². The number of aromatic nitrogens is 1. The first kappa shape index (κ1) is 14.4. The third-order valence-electron chi connectivity index (χ3n) is 3.18. The number of benzene rings is 1. The van der Waals surface area contributed by atoms with Crippen molar-refractivity contribution in [3.05, 3.63) is 46.9 Å². The van der Waals surface area contributed by atoms with Gasteiger partial charge >= 0.3 is 0 Å². The summed E-state index contributed by atoms with van der Waals surface area (Å²) in [6, 6.07) is 2.98. The molecule has 0 fully saturated rings. The Bertz CT molecular complexity index is 629. The second-order valence-electron chi connectivity index (χ2n) is 4.73. The minimum atomic E-state index is -0.261. The smallest absolute Gasteiger partial charge is 0.204 e. The molecule has 6 heteroatoms. The molecule has 2 aromatic rings. The number of rotatable bonds is 5. The Hall–Kier alpha value is -1.53. The molecule has 0 radical (unpaired) electrons. The monoisotopic (exact) mass is 309 g/mol. The normalized spacial score (nSPS) is 13.8. The minimum absolute atomic E-state index is 0.218. The van der Waals surface area contributed by atoms with E-state index in [-0.39, 0.29) is 12.6 Å². The molecule has 0 saturated carbocycles. The summed E-state index contributed by atoms with van der Waals surface area (Å²) in [6.45, 7) is 2.64. The SMILES string of the molecule is CCc1cnc(CSCc2cc(F)cc3c2OCOC3)o1. The van der Waals surface area contributed by atoms with Crippen LogP contribution >= 0.6 is 11.8 Å². The molecule has 0 N–H and O–H groups in total. The molecular weight excluding hydrogens is 293 g/mol. The summed E-state index contributed by atoms with van der Waals surface area (Å²) in [7, 11) is 0. The van der Waals surface area contributed by atoms with E-state index in [1.165, 1.54) is 12.1 Å². The molecule has 0 atom stereocenters. The molecule has 1 aromatic heterocycles. The van der Waals surface area contributed by atoms with Crippen molar-refractivity contribution in [2.24, 2.45) is 0 Å². The first-order chi connectivity index (χ1) is 10.3. The highest BCUT2D eigenvalue weighted by Gasteiger charge is 2.17. The van der Waals surface area contributed by atoms with Gasteiger partial charge in [-0.2, -0.15) is 0 Å². The van der Waals surface area contributed by atoms with E-state index in [1.807, 2.05) is 6.92 Å². The Kier molecular flexibility index (Phi) is 4.45. The molecule has 0 amide bonds. The van der Waals surface area contributed by atoms with Gasteiger partial charge in [0.25, 0.3) is 0 Å². The highest BCUT2D eigenvalue weighted by Crippen LogP contribution is 2.32. The summed E-state index contributed by atoms with van der Waals surface area (Å²) in [5.74, 6) is 3.37. The average Bonchev–Trinajstić information content (AvgIpc) is 2.95. The van der Waals surface area contributed by atoms with Crippen LogP contribution in [0.1, 0.15) is 29.7 Å². The number of hydrogen-bond donors (Lipinski definition) is 0. The quantitative estimate of drug-likeness (QED) is 0.843. The van der Waals surface area contributed by atoms with Crippen molar-refractivity contribution in [1.29, 1.82) is 0 Å². The summed E-state index contributed by atoms with van der Waals surface area (Å²) in [4.78, 5) is 4.21. The summed E-state index contributed by atoms with van der Waals surface area (Å²) >= 11 is 1.62. The maximum Gasteiger partial charge on any atom is 0.204 e. The number of aryl methyl sites for hydroxylation is 1. The summed E-state index contributed by atoms with van der Waals surface area (Å²) < 4.78 is 29.8. The van der Waals surface area contributed by atoms with Gasteiger partial charge in [-0.1, -0.05) is 6.92 Å². The second kappa shape index (κ2) is 6.49. The largest absolute Gasteiger partial charge is 0.467 e. The van der Waals surface area contributed by atoms with Crippen molar-refractivity contribution in [2.75, 3.05) is 6.79 Å². The van der Waals surface area contributed by atoms with Crippen LogP contribution in [0.3, 0.4) is 0 Å². The van der Waals surface area contributed by atoms with Crippen LogP contribution in [0.5, 0.6) is 5.75 Å². The van der Waals surface area contributed by atoms with E-state index in [4.69, 9.17) is 13.9 Å². The molecule has 0 unspecified atom stereocenters. The van der Waals surface area contributed by atoms with Crippen molar-refractivity contribution < 1.29 is 18.3 Å². The molecule has 0 spiro atoms. The first-order valence-electron chi connectivity index (χ1n) is 6.79. The predicted molar refractivity (Wildman–Crippen MR) is 77.6 cm³/mol. The van der Waals surface area contributed by atoms with Crippen LogP contribution < -0.4 is 4.74 Å².